The molecule has 2 atom stereocenters. The second-order valence-corrected chi connectivity index (χ2v) is 4.93. The lowest BCUT2D eigenvalue weighted by Gasteiger charge is -2.23. The van der Waals surface area contributed by atoms with Gasteiger partial charge in [0, 0.05) is 13.1 Å². The van der Waals surface area contributed by atoms with Gasteiger partial charge in [0.15, 0.2) is 0 Å². The Labute approximate surface area is 95.5 Å². The average Bonchev–Trinajstić information content (AvgIpc) is 2.62. The highest BCUT2D eigenvalue weighted by Gasteiger charge is 2.40. The van der Waals surface area contributed by atoms with Gasteiger partial charge in [0.25, 0.3) is 0 Å². The predicted octanol–water partition coefficient (Wildman–Crippen LogP) is 0.337. The minimum atomic E-state index is -0.527. The van der Waals surface area contributed by atoms with Crippen molar-refractivity contribution in [2.24, 2.45) is 11.8 Å². The van der Waals surface area contributed by atoms with E-state index < -0.39 is 17.4 Å². The predicted molar refractivity (Wildman–Crippen MR) is 57.7 cm³/mol. The van der Waals surface area contributed by atoms with Crippen molar-refractivity contribution < 1.29 is 19.1 Å². The van der Waals surface area contributed by atoms with Gasteiger partial charge in [-0.1, -0.05) is 0 Å². The van der Waals surface area contributed by atoms with Gasteiger partial charge in [-0.3, -0.25) is 9.59 Å². The molecule has 0 bridgehead atoms. The number of methoxy groups -OCH3 is 1. The van der Waals surface area contributed by atoms with Gasteiger partial charge in [0.05, 0.1) is 18.9 Å². The van der Waals surface area contributed by atoms with E-state index in [-0.39, 0.29) is 11.9 Å². The van der Waals surface area contributed by atoms with Gasteiger partial charge in [0.1, 0.15) is 5.60 Å². The smallest absolute Gasteiger partial charge is 0.311 e. The third-order valence-electron chi connectivity index (χ3n) is 2.43. The highest BCUT2D eigenvalue weighted by molar-refractivity contribution is 5.83. The number of hydrogen-bond donors (Lipinski definition) is 1. The van der Waals surface area contributed by atoms with E-state index in [1.165, 1.54) is 7.11 Å². The Morgan fingerprint density at radius 2 is 1.62 bits per heavy atom. The number of carbonyl (C=O) groups excluding carboxylic acids is 2. The van der Waals surface area contributed by atoms with Gasteiger partial charge in [-0.05, 0) is 20.8 Å². The molecule has 92 valence electrons. The van der Waals surface area contributed by atoms with Crippen LogP contribution in [-0.4, -0.2) is 37.7 Å². The van der Waals surface area contributed by atoms with E-state index in [0.29, 0.717) is 13.1 Å². The van der Waals surface area contributed by atoms with Crippen LogP contribution in [0.15, 0.2) is 0 Å². The van der Waals surface area contributed by atoms with Crippen molar-refractivity contribution in [3.63, 3.8) is 0 Å². The first-order valence-electron chi connectivity index (χ1n) is 5.36. The van der Waals surface area contributed by atoms with Crippen molar-refractivity contribution in [2.75, 3.05) is 20.2 Å². The van der Waals surface area contributed by atoms with Crippen LogP contribution in [0.25, 0.3) is 0 Å². The third-order valence-corrected chi connectivity index (χ3v) is 2.43. The molecule has 5 nitrogen and oxygen atoms in total. The van der Waals surface area contributed by atoms with E-state index in [0.717, 1.165) is 0 Å². The van der Waals surface area contributed by atoms with E-state index in [1.54, 1.807) is 20.8 Å². The maximum absolute atomic E-state index is 11.8. The van der Waals surface area contributed by atoms with Crippen LogP contribution in [0.2, 0.25) is 0 Å². The summed E-state index contributed by atoms with van der Waals surface area (Å²) in [6.45, 7) is 6.35. The quantitative estimate of drug-likeness (QED) is 0.692. The van der Waals surface area contributed by atoms with E-state index in [2.05, 4.69) is 10.1 Å². The molecule has 0 radical (unpaired) electrons. The van der Waals surface area contributed by atoms with Crippen LogP contribution >= 0.6 is 0 Å². The first-order chi connectivity index (χ1) is 7.35. The Morgan fingerprint density at radius 3 is 2.06 bits per heavy atom. The fraction of sp³-hybridized carbons (Fsp3) is 0.818. The monoisotopic (exact) mass is 229 g/mol. The molecule has 0 aromatic heterocycles. The Kier molecular flexibility index (Phi) is 3.91. The fourth-order valence-corrected chi connectivity index (χ4v) is 1.70. The number of rotatable bonds is 2. The molecular formula is C11H19NO4. The van der Waals surface area contributed by atoms with Crippen LogP contribution in [0.1, 0.15) is 20.8 Å². The molecule has 0 amide bonds. The van der Waals surface area contributed by atoms with Crippen LogP contribution in [0.5, 0.6) is 0 Å². The lowest BCUT2D eigenvalue weighted by molar-refractivity contribution is -0.165. The molecule has 1 N–H and O–H groups in total. The van der Waals surface area contributed by atoms with Crippen LogP contribution in [0.3, 0.4) is 0 Å². The van der Waals surface area contributed by atoms with E-state index in [4.69, 9.17) is 4.74 Å². The van der Waals surface area contributed by atoms with Crippen LogP contribution in [-0.2, 0) is 19.1 Å². The fourth-order valence-electron chi connectivity index (χ4n) is 1.70. The molecule has 1 heterocycles. The zero-order chi connectivity index (χ0) is 12.3. The van der Waals surface area contributed by atoms with Crippen molar-refractivity contribution in [1.29, 1.82) is 0 Å². The maximum Gasteiger partial charge on any atom is 0.311 e. The van der Waals surface area contributed by atoms with Crippen LogP contribution < -0.4 is 5.32 Å². The third kappa shape index (κ3) is 3.20. The largest absolute Gasteiger partial charge is 0.469 e. The first-order valence-corrected chi connectivity index (χ1v) is 5.36. The number of ether oxygens (including phenoxy) is 2. The summed E-state index contributed by atoms with van der Waals surface area (Å²) in [6, 6.07) is 0. The van der Waals surface area contributed by atoms with Gasteiger partial charge in [-0.15, -0.1) is 0 Å². The lowest BCUT2D eigenvalue weighted by Crippen LogP contribution is -2.35. The van der Waals surface area contributed by atoms with Gasteiger partial charge in [0.2, 0.25) is 0 Å². The molecule has 16 heavy (non-hydrogen) atoms. The zero-order valence-corrected chi connectivity index (χ0v) is 10.2. The normalized spacial score (nSPS) is 25.2. The number of esters is 2. The molecule has 0 aliphatic carbocycles. The summed E-state index contributed by atoms with van der Waals surface area (Å²) < 4.78 is 9.92. The van der Waals surface area contributed by atoms with Crippen molar-refractivity contribution in [3.8, 4) is 0 Å². The van der Waals surface area contributed by atoms with Crippen molar-refractivity contribution in [1.82, 2.24) is 5.32 Å². The van der Waals surface area contributed by atoms with Gasteiger partial charge < -0.3 is 14.8 Å². The van der Waals surface area contributed by atoms with E-state index >= 15 is 0 Å². The molecule has 0 aromatic carbocycles. The van der Waals surface area contributed by atoms with Gasteiger partial charge in [-0.2, -0.15) is 0 Å². The van der Waals surface area contributed by atoms with E-state index in [1.807, 2.05) is 0 Å². The Bertz CT molecular complexity index is 282. The molecule has 1 fully saturated rings. The van der Waals surface area contributed by atoms with Crippen molar-refractivity contribution in [2.45, 2.75) is 26.4 Å². The average molecular weight is 229 g/mol. The van der Waals surface area contributed by atoms with Crippen LogP contribution in [0, 0.1) is 11.8 Å². The molecule has 1 saturated heterocycles. The summed E-state index contributed by atoms with van der Waals surface area (Å²) in [7, 11) is 1.33. The highest BCUT2D eigenvalue weighted by Crippen LogP contribution is 2.22. The number of nitrogens with one attached hydrogen (secondary N) is 1. The SMILES string of the molecule is COC(=O)C1CNCC1C(=O)OC(C)(C)C. The van der Waals surface area contributed by atoms with Crippen LogP contribution in [0.4, 0.5) is 0 Å². The lowest BCUT2D eigenvalue weighted by atomic mass is 9.96. The molecule has 0 spiro atoms. The molecule has 5 heteroatoms. The molecule has 0 saturated carbocycles. The summed E-state index contributed by atoms with van der Waals surface area (Å²) >= 11 is 0. The standard InChI is InChI=1S/C11H19NO4/c1-11(2,3)16-10(14)8-6-12-5-7(8)9(13)15-4/h7-8,12H,5-6H2,1-4H3. The van der Waals surface area contributed by atoms with Gasteiger partial charge >= 0.3 is 11.9 Å². The highest BCUT2D eigenvalue weighted by atomic mass is 16.6. The molecule has 0 aromatic rings. The Morgan fingerprint density at radius 1 is 1.12 bits per heavy atom. The Balaban J connectivity index is 2.65. The van der Waals surface area contributed by atoms with E-state index in [9.17, 15) is 9.59 Å². The Hall–Kier alpha value is -1.10. The molecule has 1 aliphatic heterocycles. The van der Waals surface area contributed by atoms with Gasteiger partial charge in [-0.25, -0.2) is 0 Å². The minimum absolute atomic E-state index is 0.340. The molecule has 1 aliphatic rings. The van der Waals surface area contributed by atoms with Crippen molar-refractivity contribution in [3.05, 3.63) is 0 Å². The second kappa shape index (κ2) is 4.82. The summed E-state index contributed by atoms with van der Waals surface area (Å²) in [5.74, 6) is -1.57. The minimum Gasteiger partial charge on any atom is -0.469 e. The molecule has 2 unspecified atom stereocenters. The first kappa shape index (κ1) is 13.0. The summed E-state index contributed by atoms with van der Waals surface area (Å²) in [5, 5.41) is 3.00. The summed E-state index contributed by atoms with van der Waals surface area (Å²) in [6.07, 6.45) is 0. The summed E-state index contributed by atoms with van der Waals surface area (Å²) in [4.78, 5) is 23.2. The topological polar surface area (TPSA) is 64.6 Å². The number of carbonyl (C=O) groups is 2. The zero-order valence-electron chi connectivity index (χ0n) is 10.2. The second-order valence-electron chi connectivity index (χ2n) is 4.93. The van der Waals surface area contributed by atoms with Crippen molar-refractivity contribution >= 4 is 11.9 Å². The molecule has 1 rings (SSSR count). The summed E-state index contributed by atoms with van der Waals surface area (Å²) in [5.41, 5.74) is -0.527. The number of hydrogen-bond acceptors (Lipinski definition) is 5. The maximum atomic E-state index is 11.8. The molecular weight excluding hydrogens is 210 g/mol.